The summed E-state index contributed by atoms with van der Waals surface area (Å²) in [5, 5.41) is 0. The highest BCUT2D eigenvalue weighted by Gasteiger charge is 2.00. The average Bonchev–Trinajstić information content (AvgIpc) is 2.67. The Hall–Kier alpha value is -1.90. The Bertz CT molecular complexity index is 490. The molecule has 0 aliphatic rings. The fraction of sp³-hybridized carbons (Fsp3) is 0.333. The molecule has 0 spiro atoms. The maximum Gasteiger partial charge on any atom is 0.0564 e. The first-order valence-electron chi connectivity index (χ1n) is 6.23. The molecule has 0 amide bonds. The van der Waals surface area contributed by atoms with E-state index in [1.165, 1.54) is 22.6 Å². The third kappa shape index (κ3) is 2.67. The molecule has 1 aromatic heterocycles. The number of rotatable bonds is 4. The fourth-order valence-corrected chi connectivity index (χ4v) is 2.00. The van der Waals surface area contributed by atoms with Crippen molar-refractivity contribution in [3.05, 3.63) is 53.3 Å². The van der Waals surface area contributed by atoms with Crippen LogP contribution in [0.2, 0.25) is 0 Å². The van der Waals surface area contributed by atoms with E-state index in [4.69, 9.17) is 0 Å². The molecule has 0 aliphatic carbocycles. The quantitative estimate of drug-likeness (QED) is 0.891. The zero-order valence-electron chi connectivity index (χ0n) is 11.6. The van der Waals surface area contributed by atoms with E-state index in [-0.39, 0.29) is 0 Å². The topological polar surface area (TPSA) is 20.2 Å². The Morgan fingerprint density at radius 2 is 1.50 bits per heavy atom. The Kier molecular flexibility index (Phi) is 3.60. The number of hydrogen-bond acceptors (Lipinski definition) is 2. The van der Waals surface area contributed by atoms with Gasteiger partial charge in [-0.3, -0.25) is 4.68 Å². The van der Waals surface area contributed by atoms with Gasteiger partial charge < -0.3 is 10.3 Å². The fourth-order valence-electron chi connectivity index (χ4n) is 2.00. The molecule has 0 bridgehead atoms. The van der Waals surface area contributed by atoms with E-state index in [0.29, 0.717) is 0 Å². The molecule has 1 N–H and O–H groups in total. The van der Waals surface area contributed by atoms with E-state index < -0.39 is 0 Å². The third-order valence-corrected chi connectivity index (χ3v) is 3.17. The molecule has 3 nitrogen and oxygen atoms in total. The van der Waals surface area contributed by atoms with Crippen molar-refractivity contribution in [2.75, 3.05) is 24.4 Å². The largest absolute Gasteiger partial charge is 0.378 e. The Morgan fingerprint density at radius 1 is 0.944 bits per heavy atom. The van der Waals surface area contributed by atoms with Crippen LogP contribution in [-0.4, -0.2) is 18.8 Å². The van der Waals surface area contributed by atoms with Gasteiger partial charge >= 0.3 is 0 Å². The Balaban J connectivity index is 2.02. The van der Waals surface area contributed by atoms with Gasteiger partial charge in [-0.15, -0.1) is 0 Å². The van der Waals surface area contributed by atoms with Crippen molar-refractivity contribution in [2.45, 2.75) is 20.4 Å². The highest BCUT2D eigenvalue weighted by Crippen LogP contribution is 2.12. The van der Waals surface area contributed by atoms with E-state index in [1.54, 1.807) is 0 Å². The van der Waals surface area contributed by atoms with Gasteiger partial charge in [-0.2, -0.15) is 0 Å². The lowest BCUT2D eigenvalue weighted by atomic mass is 10.2. The lowest BCUT2D eigenvalue weighted by molar-refractivity contribution is 0.792. The van der Waals surface area contributed by atoms with Gasteiger partial charge in [0.2, 0.25) is 0 Å². The van der Waals surface area contributed by atoms with E-state index in [9.17, 15) is 0 Å². The summed E-state index contributed by atoms with van der Waals surface area (Å²) in [4.78, 5) is 2.11. The van der Waals surface area contributed by atoms with Crippen LogP contribution in [0.1, 0.15) is 17.0 Å². The van der Waals surface area contributed by atoms with Crippen LogP contribution in [0.15, 0.2) is 36.4 Å². The molecular formula is C15H21N3. The van der Waals surface area contributed by atoms with Gasteiger partial charge in [-0.25, -0.2) is 0 Å². The molecule has 0 radical (unpaired) electrons. The van der Waals surface area contributed by atoms with Crippen LogP contribution in [0.3, 0.4) is 0 Å². The summed E-state index contributed by atoms with van der Waals surface area (Å²) in [6.45, 7) is 5.05. The summed E-state index contributed by atoms with van der Waals surface area (Å²) in [7, 11) is 4.11. The predicted octanol–water partition coefficient (Wildman–Crippen LogP) is 2.91. The molecule has 0 fully saturated rings. The molecule has 0 saturated carbocycles. The standard InChI is InChI=1S/C15H21N3/c1-12-5-6-13(2)18(12)16-11-14-7-9-15(10-8-14)17(3)4/h5-10,16H,11H2,1-4H3. The van der Waals surface area contributed by atoms with Crippen molar-refractivity contribution in [1.29, 1.82) is 0 Å². The van der Waals surface area contributed by atoms with E-state index >= 15 is 0 Å². The van der Waals surface area contributed by atoms with Crippen LogP contribution in [-0.2, 0) is 6.54 Å². The maximum atomic E-state index is 3.43. The lowest BCUT2D eigenvalue weighted by Crippen LogP contribution is -2.17. The van der Waals surface area contributed by atoms with Crippen molar-refractivity contribution >= 4 is 5.69 Å². The molecule has 0 atom stereocenters. The Morgan fingerprint density at radius 3 is 2.00 bits per heavy atom. The SMILES string of the molecule is Cc1ccc(C)n1NCc1ccc(N(C)C)cc1. The predicted molar refractivity (Wildman–Crippen MR) is 77.7 cm³/mol. The summed E-state index contributed by atoms with van der Waals surface area (Å²) < 4.78 is 2.12. The summed E-state index contributed by atoms with van der Waals surface area (Å²) >= 11 is 0. The van der Waals surface area contributed by atoms with Gasteiger partial charge in [0.1, 0.15) is 0 Å². The van der Waals surface area contributed by atoms with Crippen molar-refractivity contribution in [3.63, 3.8) is 0 Å². The highest BCUT2D eigenvalue weighted by molar-refractivity contribution is 5.46. The van der Waals surface area contributed by atoms with Crippen LogP contribution in [0, 0.1) is 13.8 Å². The zero-order chi connectivity index (χ0) is 13.1. The maximum absolute atomic E-state index is 3.43. The van der Waals surface area contributed by atoms with E-state index in [0.717, 1.165) is 6.54 Å². The highest BCUT2D eigenvalue weighted by atomic mass is 15.4. The summed E-state index contributed by atoms with van der Waals surface area (Å²) in [6.07, 6.45) is 0. The van der Waals surface area contributed by atoms with Crippen molar-refractivity contribution in [2.24, 2.45) is 0 Å². The van der Waals surface area contributed by atoms with E-state index in [2.05, 4.69) is 79.3 Å². The zero-order valence-corrected chi connectivity index (χ0v) is 11.6. The van der Waals surface area contributed by atoms with Crippen molar-refractivity contribution in [3.8, 4) is 0 Å². The van der Waals surface area contributed by atoms with Crippen LogP contribution in [0.25, 0.3) is 0 Å². The first kappa shape index (κ1) is 12.6. The molecule has 2 aromatic rings. The average molecular weight is 243 g/mol. The second-order valence-electron chi connectivity index (χ2n) is 4.85. The minimum Gasteiger partial charge on any atom is -0.378 e. The summed E-state index contributed by atoms with van der Waals surface area (Å²) in [6, 6.07) is 12.9. The lowest BCUT2D eigenvalue weighted by Gasteiger charge is -2.15. The van der Waals surface area contributed by atoms with Crippen molar-refractivity contribution < 1.29 is 0 Å². The van der Waals surface area contributed by atoms with Gasteiger partial charge in [0.05, 0.1) is 6.54 Å². The molecule has 1 heterocycles. The van der Waals surface area contributed by atoms with Crippen molar-refractivity contribution in [1.82, 2.24) is 4.68 Å². The molecule has 3 heteroatoms. The number of aryl methyl sites for hydroxylation is 2. The number of benzene rings is 1. The first-order chi connectivity index (χ1) is 8.58. The number of nitrogens with one attached hydrogen (secondary N) is 1. The molecule has 2 rings (SSSR count). The van der Waals surface area contributed by atoms with Gasteiger partial charge in [0, 0.05) is 31.2 Å². The number of hydrogen-bond donors (Lipinski definition) is 1. The molecule has 18 heavy (non-hydrogen) atoms. The van der Waals surface area contributed by atoms with Gasteiger partial charge in [-0.1, -0.05) is 12.1 Å². The van der Waals surface area contributed by atoms with E-state index in [1.807, 2.05) is 0 Å². The normalized spacial score (nSPS) is 10.4. The number of nitrogens with zero attached hydrogens (tertiary/aromatic N) is 2. The van der Waals surface area contributed by atoms with Crippen LogP contribution < -0.4 is 10.3 Å². The minimum atomic E-state index is 0.837. The van der Waals surface area contributed by atoms with Gasteiger partial charge in [0.15, 0.2) is 0 Å². The number of aromatic nitrogens is 1. The molecular weight excluding hydrogens is 222 g/mol. The molecule has 1 aromatic carbocycles. The van der Waals surface area contributed by atoms with Crippen LogP contribution in [0.4, 0.5) is 5.69 Å². The summed E-state index contributed by atoms with van der Waals surface area (Å²) in [5.41, 5.74) is 8.41. The molecule has 0 saturated heterocycles. The molecule has 0 aliphatic heterocycles. The smallest absolute Gasteiger partial charge is 0.0564 e. The van der Waals surface area contributed by atoms with Crippen LogP contribution >= 0.6 is 0 Å². The monoisotopic (exact) mass is 243 g/mol. The third-order valence-electron chi connectivity index (χ3n) is 3.17. The number of anilines is 1. The first-order valence-corrected chi connectivity index (χ1v) is 6.23. The van der Waals surface area contributed by atoms with Crippen LogP contribution in [0.5, 0.6) is 0 Å². The molecule has 0 unspecified atom stereocenters. The second kappa shape index (κ2) is 5.17. The summed E-state index contributed by atoms with van der Waals surface area (Å²) in [5.74, 6) is 0. The van der Waals surface area contributed by atoms with Gasteiger partial charge in [0.25, 0.3) is 0 Å². The van der Waals surface area contributed by atoms with Gasteiger partial charge in [-0.05, 0) is 43.7 Å². The second-order valence-corrected chi connectivity index (χ2v) is 4.85. The molecule has 96 valence electrons. The Labute approximate surface area is 109 Å². The minimum absolute atomic E-state index is 0.837.